The van der Waals surface area contributed by atoms with Gasteiger partial charge in [0.1, 0.15) is 0 Å². The quantitative estimate of drug-likeness (QED) is 0.710. The van der Waals surface area contributed by atoms with Crippen molar-refractivity contribution in [3.05, 3.63) is 35.9 Å². The van der Waals surface area contributed by atoms with Crippen molar-refractivity contribution < 1.29 is 4.74 Å². The molecule has 0 N–H and O–H groups in total. The third-order valence-electron chi connectivity index (χ3n) is 2.27. The lowest BCUT2D eigenvalue weighted by Gasteiger charge is -2.06. The fraction of sp³-hybridized carbons (Fsp3) is 0.538. The van der Waals surface area contributed by atoms with E-state index in [9.17, 15) is 0 Å². The maximum Gasteiger partial charge on any atom is 0.0433 e. The van der Waals surface area contributed by atoms with Crippen LogP contribution in [0.4, 0.5) is 0 Å². The maximum absolute atomic E-state index is 4.54. The molecule has 1 aromatic rings. The highest BCUT2D eigenvalue weighted by Gasteiger charge is 1.98. The van der Waals surface area contributed by atoms with E-state index in [0.29, 0.717) is 5.92 Å². The van der Waals surface area contributed by atoms with E-state index in [-0.39, 0.29) is 0 Å². The minimum absolute atomic E-state index is 0.709. The van der Waals surface area contributed by atoms with Gasteiger partial charge in [-0.2, -0.15) is 0 Å². The fourth-order valence-corrected chi connectivity index (χ4v) is 1.02. The van der Waals surface area contributed by atoms with Gasteiger partial charge in [0.05, 0.1) is 0 Å². The van der Waals surface area contributed by atoms with Crippen LogP contribution < -0.4 is 0 Å². The Morgan fingerprint density at radius 3 is 2.00 bits per heavy atom. The van der Waals surface area contributed by atoms with E-state index in [1.165, 1.54) is 12.0 Å². The SMILES string of the molecule is CCC(C)c1ccccc1.CCOC. The Bertz CT molecular complexity index is 204. The van der Waals surface area contributed by atoms with Gasteiger partial charge in [-0.1, -0.05) is 44.2 Å². The van der Waals surface area contributed by atoms with Crippen LogP contribution >= 0.6 is 0 Å². The zero-order chi connectivity index (χ0) is 10.8. The lowest BCUT2D eigenvalue weighted by atomic mass is 9.99. The summed E-state index contributed by atoms with van der Waals surface area (Å²) in [4.78, 5) is 0. The average molecular weight is 194 g/mol. The summed E-state index contributed by atoms with van der Waals surface area (Å²) < 4.78 is 4.54. The van der Waals surface area contributed by atoms with E-state index in [2.05, 4.69) is 48.9 Å². The first-order chi connectivity index (χ1) is 6.76. The van der Waals surface area contributed by atoms with Crippen LogP contribution in [0, 0.1) is 0 Å². The van der Waals surface area contributed by atoms with Crippen LogP contribution in [-0.2, 0) is 4.74 Å². The minimum atomic E-state index is 0.709. The van der Waals surface area contributed by atoms with Crippen LogP contribution in [0.1, 0.15) is 38.7 Å². The molecule has 0 radical (unpaired) electrons. The van der Waals surface area contributed by atoms with E-state index < -0.39 is 0 Å². The molecule has 1 aromatic carbocycles. The molecule has 1 heteroatoms. The summed E-state index contributed by atoms with van der Waals surface area (Å²) >= 11 is 0. The molecule has 0 saturated carbocycles. The Labute approximate surface area is 88.1 Å². The molecule has 0 aliphatic rings. The second kappa shape index (κ2) is 8.76. The van der Waals surface area contributed by atoms with Crippen LogP contribution in [-0.4, -0.2) is 13.7 Å². The van der Waals surface area contributed by atoms with E-state index in [1.807, 2.05) is 6.92 Å². The molecular weight excluding hydrogens is 172 g/mol. The van der Waals surface area contributed by atoms with Crippen LogP contribution in [0.25, 0.3) is 0 Å². The highest BCUT2D eigenvalue weighted by Crippen LogP contribution is 2.16. The van der Waals surface area contributed by atoms with Crippen molar-refractivity contribution in [1.29, 1.82) is 0 Å². The number of benzene rings is 1. The van der Waals surface area contributed by atoms with Crippen LogP contribution in [0.2, 0.25) is 0 Å². The lowest BCUT2D eigenvalue weighted by Crippen LogP contribution is -1.88. The molecule has 14 heavy (non-hydrogen) atoms. The molecule has 1 rings (SSSR count). The third-order valence-corrected chi connectivity index (χ3v) is 2.27. The molecule has 0 amide bonds. The number of hydrogen-bond acceptors (Lipinski definition) is 1. The number of hydrogen-bond donors (Lipinski definition) is 0. The summed E-state index contributed by atoms with van der Waals surface area (Å²) in [5.41, 5.74) is 1.45. The Balaban J connectivity index is 0.000000364. The van der Waals surface area contributed by atoms with Gasteiger partial charge in [0.2, 0.25) is 0 Å². The second-order valence-electron chi connectivity index (χ2n) is 3.30. The molecule has 0 aliphatic carbocycles. The summed E-state index contributed by atoms with van der Waals surface area (Å²) in [5.74, 6) is 0.709. The smallest absolute Gasteiger partial charge is 0.0433 e. The number of ether oxygens (including phenoxy) is 1. The Kier molecular flexibility index (Phi) is 8.25. The van der Waals surface area contributed by atoms with E-state index in [0.717, 1.165) is 6.61 Å². The summed E-state index contributed by atoms with van der Waals surface area (Å²) in [7, 11) is 1.68. The Morgan fingerprint density at radius 2 is 1.64 bits per heavy atom. The largest absolute Gasteiger partial charge is 0.385 e. The molecule has 0 spiro atoms. The molecule has 0 bridgehead atoms. The van der Waals surface area contributed by atoms with Gasteiger partial charge in [0.25, 0.3) is 0 Å². The summed E-state index contributed by atoms with van der Waals surface area (Å²) in [6.45, 7) is 7.26. The van der Waals surface area contributed by atoms with Crippen molar-refractivity contribution in [1.82, 2.24) is 0 Å². The summed E-state index contributed by atoms with van der Waals surface area (Å²) in [6, 6.07) is 10.6. The Morgan fingerprint density at radius 1 is 1.14 bits per heavy atom. The van der Waals surface area contributed by atoms with Gasteiger partial charge >= 0.3 is 0 Å². The molecule has 0 saturated heterocycles. The molecule has 0 aliphatic heterocycles. The predicted octanol–water partition coefficient (Wildman–Crippen LogP) is 3.85. The van der Waals surface area contributed by atoms with Gasteiger partial charge < -0.3 is 4.74 Å². The maximum atomic E-state index is 4.54. The monoisotopic (exact) mass is 194 g/mol. The summed E-state index contributed by atoms with van der Waals surface area (Å²) in [5, 5.41) is 0. The molecule has 1 unspecified atom stereocenters. The fourth-order valence-electron chi connectivity index (χ4n) is 1.02. The summed E-state index contributed by atoms with van der Waals surface area (Å²) in [6.07, 6.45) is 1.23. The highest BCUT2D eigenvalue weighted by atomic mass is 16.5. The van der Waals surface area contributed by atoms with Gasteiger partial charge in [-0.15, -0.1) is 0 Å². The first-order valence-corrected chi connectivity index (χ1v) is 5.30. The Hall–Kier alpha value is -0.820. The topological polar surface area (TPSA) is 9.23 Å². The van der Waals surface area contributed by atoms with Crippen LogP contribution in [0.3, 0.4) is 0 Å². The standard InChI is InChI=1S/C10H14.C3H8O/c1-3-9(2)10-7-5-4-6-8-10;1-3-4-2/h4-9H,3H2,1-2H3;3H2,1-2H3. The lowest BCUT2D eigenvalue weighted by molar-refractivity contribution is 0.215. The first-order valence-electron chi connectivity index (χ1n) is 5.30. The minimum Gasteiger partial charge on any atom is -0.385 e. The van der Waals surface area contributed by atoms with Gasteiger partial charge in [-0.3, -0.25) is 0 Å². The highest BCUT2D eigenvalue weighted by molar-refractivity contribution is 5.18. The second-order valence-corrected chi connectivity index (χ2v) is 3.30. The van der Waals surface area contributed by atoms with Crippen molar-refractivity contribution in [2.24, 2.45) is 0 Å². The normalized spacial score (nSPS) is 11.4. The first kappa shape index (κ1) is 13.2. The van der Waals surface area contributed by atoms with Crippen LogP contribution in [0.5, 0.6) is 0 Å². The van der Waals surface area contributed by atoms with E-state index in [1.54, 1.807) is 7.11 Å². The molecule has 0 aromatic heterocycles. The molecule has 80 valence electrons. The van der Waals surface area contributed by atoms with Crippen molar-refractivity contribution >= 4 is 0 Å². The van der Waals surface area contributed by atoms with Gasteiger partial charge in [0.15, 0.2) is 0 Å². The van der Waals surface area contributed by atoms with E-state index >= 15 is 0 Å². The molecule has 1 atom stereocenters. The van der Waals surface area contributed by atoms with Gasteiger partial charge in [-0.05, 0) is 24.8 Å². The van der Waals surface area contributed by atoms with Crippen molar-refractivity contribution in [3.8, 4) is 0 Å². The van der Waals surface area contributed by atoms with Gasteiger partial charge in [-0.25, -0.2) is 0 Å². The predicted molar refractivity (Wildman–Crippen MR) is 62.7 cm³/mol. The molecule has 0 heterocycles. The third kappa shape index (κ3) is 5.76. The van der Waals surface area contributed by atoms with Crippen molar-refractivity contribution in [3.63, 3.8) is 0 Å². The zero-order valence-electron chi connectivity index (χ0n) is 9.79. The van der Waals surface area contributed by atoms with Crippen molar-refractivity contribution in [2.45, 2.75) is 33.1 Å². The van der Waals surface area contributed by atoms with Crippen LogP contribution in [0.15, 0.2) is 30.3 Å². The van der Waals surface area contributed by atoms with Gasteiger partial charge in [0, 0.05) is 13.7 Å². The van der Waals surface area contributed by atoms with E-state index in [4.69, 9.17) is 0 Å². The molecule has 1 nitrogen and oxygen atoms in total. The molecular formula is C13H22O. The molecule has 0 fully saturated rings. The average Bonchev–Trinajstić information content (AvgIpc) is 2.29. The van der Waals surface area contributed by atoms with Crippen molar-refractivity contribution in [2.75, 3.05) is 13.7 Å². The zero-order valence-corrected chi connectivity index (χ0v) is 9.79. The number of methoxy groups -OCH3 is 1. The number of rotatable bonds is 3.